The predicted molar refractivity (Wildman–Crippen MR) is 54.7 cm³/mol. The van der Waals surface area contributed by atoms with Gasteiger partial charge in [0.2, 0.25) is 0 Å². The summed E-state index contributed by atoms with van der Waals surface area (Å²) in [7, 11) is 0. The zero-order chi connectivity index (χ0) is 11.9. The van der Waals surface area contributed by atoms with Gasteiger partial charge in [0, 0.05) is 6.42 Å². The van der Waals surface area contributed by atoms with Crippen molar-refractivity contribution in [1.29, 1.82) is 0 Å². The molecule has 1 heterocycles. The van der Waals surface area contributed by atoms with E-state index < -0.39 is 17.9 Å². The van der Waals surface area contributed by atoms with E-state index in [2.05, 4.69) is 0 Å². The van der Waals surface area contributed by atoms with E-state index in [0.29, 0.717) is 17.5 Å². The van der Waals surface area contributed by atoms with Crippen LogP contribution in [0, 0.1) is 12.7 Å². The molecule has 1 aromatic carbocycles. The van der Waals surface area contributed by atoms with Crippen LogP contribution < -0.4 is 0 Å². The van der Waals surface area contributed by atoms with Crippen LogP contribution in [-0.4, -0.2) is 17.9 Å². The van der Waals surface area contributed by atoms with E-state index in [1.54, 1.807) is 6.92 Å². The van der Waals surface area contributed by atoms with Gasteiger partial charge in [-0.1, -0.05) is 0 Å². The van der Waals surface area contributed by atoms with Crippen molar-refractivity contribution in [2.75, 3.05) is 0 Å². The fraction of sp³-hybridized carbons (Fsp3) is 0.333. The van der Waals surface area contributed by atoms with Gasteiger partial charge in [-0.25, -0.2) is 9.18 Å². The minimum absolute atomic E-state index is 0.192. The number of halogens is 1. The van der Waals surface area contributed by atoms with Crippen molar-refractivity contribution in [3.05, 3.63) is 34.6 Å². The van der Waals surface area contributed by atoms with Gasteiger partial charge in [-0.3, -0.25) is 4.79 Å². The van der Waals surface area contributed by atoms with Crippen LogP contribution in [-0.2, 0) is 16.0 Å². The van der Waals surface area contributed by atoms with Crippen molar-refractivity contribution in [2.24, 2.45) is 0 Å². The number of carbonyl (C=O) groups excluding carboxylic acids is 2. The highest BCUT2D eigenvalue weighted by molar-refractivity contribution is 5.96. The second-order valence-corrected chi connectivity index (χ2v) is 3.96. The predicted octanol–water partition coefficient (Wildman–Crippen LogP) is 1.80. The van der Waals surface area contributed by atoms with E-state index in [1.807, 2.05) is 0 Å². The number of ketones is 1. The maximum atomic E-state index is 13.1. The molecule has 0 bridgehead atoms. The van der Waals surface area contributed by atoms with Gasteiger partial charge in [-0.2, -0.15) is 0 Å². The number of esters is 1. The van der Waals surface area contributed by atoms with Crippen LogP contribution in [0.5, 0.6) is 0 Å². The van der Waals surface area contributed by atoms with Crippen LogP contribution in [0.1, 0.15) is 28.4 Å². The van der Waals surface area contributed by atoms with Gasteiger partial charge >= 0.3 is 5.97 Å². The van der Waals surface area contributed by atoms with Crippen molar-refractivity contribution in [2.45, 2.75) is 26.4 Å². The van der Waals surface area contributed by atoms with Crippen molar-refractivity contribution in [1.82, 2.24) is 0 Å². The second-order valence-electron chi connectivity index (χ2n) is 3.96. The van der Waals surface area contributed by atoms with Crippen LogP contribution in [0.25, 0.3) is 0 Å². The standard InChI is InChI=1S/C12H11FO3/c1-6-3-8(13)4-10-9(6)5-11(7(2)14)16-12(10)15/h3-4,11H,5H2,1-2H3. The number of hydrogen-bond donors (Lipinski definition) is 0. The molecule has 0 spiro atoms. The first-order valence-electron chi connectivity index (χ1n) is 4.99. The molecule has 0 aliphatic carbocycles. The Morgan fingerprint density at radius 2 is 2.19 bits per heavy atom. The fourth-order valence-electron chi connectivity index (χ4n) is 1.87. The molecule has 16 heavy (non-hydrogen) atoms. The Balaban J connectivity index is 2.50. The Morgan fingerprint density at radius 1 is 1.50 bits per heavy atom. The number of benzene rings is 1. The smallest absolute Gasteiger partial charge is 0.339 e. The minimum Gasteiger partial charge on any atom is -0.450 e. The third kappa shape index (κ3) is 1.71. The first-order chi connectivity index (χ1) is 7.49. The molecule has 3 nitrogen and oxygen atoms in total. The third-order valence-electron chi connectivity index (χ3n) is 2.75. The van der Waals surface area contributed by atoms with Crippen LogP contribution >= 0.6 is 0 Å². The summed E-state index contributed by atoms with van der Waals surface area (Å²) in [6.07, 6.45) is -0.396. The van der Waals surface area contributed by atoms with Gasteiger partial charge < -0.3 is 4.74 Å². The third-order valence-corrected chi connectivity index (χ3v) is 2.75. The number of hydrogen-bond acceptors (Lipinski definition) is 3. The van der Waals surface area contributed by atoms with Crippen molar-refractivity contribution in [3.8, 4) is 0 Å². The fourth-order valence-corrected chi connectivity index (χ4v) is 1.87. The molecule has 0 amide bonds. The summed E-state index contributed by atoms with van der Waals surface area (Å²) in [4.78, 5) is 22.7. The highest BCUT2D eigenvalue weighted by Gasteiger charge is 2.30. The summed E-state index contributed by atoms with van der Waals surface area (Å²) in [6.45, 7) is 3.10. The van der Waals surface area contributed by atoms with E-state index in [4.69, 9.17) is 4.74 Å². The summed E-state index contributed by atoms with van der Waals surface area (Å²) in [5, 5.41) is 0. The van der Waals surface area contributed by atoms with Gasteiger partial charge in [0.15, 0.2) is 11.9 Å². The molecule has 0 aromatic heterocycles. The average Bonchev–Trinajstić information content (AvgIpc) is 2.19. The second kappa shape index (κ2) is 3.70. The lowest BCUT2D eigenvalue weighted by Crippen LogP contribution is -2.33. The number of rotatable bonds is 1. The lowest BCUT2D eigenvalue weighted by Gasteiger charge is -2.24. The summed E-state index contributed by atoms with van der Waals surface area (Å²) in [5.74, 6) is -1.28. The molecule has 1 unspecified atom stereocenters. The Kier molecular flexibility index (Phi) is 2.50. The van der Waals surface area contributed by atoms with Crippen molar-refractivity contribution < 1.29 is 18.7 Å². The molecule has 0 N–H and O–H groups in total. The van der Waals surface area contributed by atoms with Gasteiger partial charge in [0.1, 0.15) is 5.82 Å². The molecule has 4 heteroatoms. The van der Waals surface area contributed by atoms with Gasteiger partial charge in [0.05, 0.1) is 5.56 Å². The molecule has 1 atom stereocenters. The largest absolute Gasteiger partial charge is 0.450 e. The molecule has 1 aliphatic heterocycles. The topological polar surface area (TPSA) is 43.4 Å². The highest BCUT2D eigenvalue weighted by atomic mass is 19.1. The van der Waals surface area contributed by atoms with Gasteiger partial charge in [-0.15, -0.1) is 0 Å². The van der Waals surface area contributed by atoms with Crippen LogP contribution in [0.2, 0.25) is 0 Å². The maximum Gasteiger partial charge on any atom is 0.339 e. The van der Waals surface area contributed by atoms with Crippen molar-refractivity contribution in [3.63, 3.8) is 0 Å². The monoisotopic (exact) mass is 222 g/mol. The number of Topliss-reactive ketones (excluding diaryl/α,β-unsaturated/α-hetero) is 1. The van der Waals surface area contributed by atoms with E-state index in [-0.39, 0.29) is 11.3 Å². The molecular weight excluding hydrogens is 211 g/mol. The molecule has 0 saturated heterocycles. The lowest BCUT2D eigenvalue weighted by atomic mass is 9.93. The number of cyclic esters (lactones) is 1. The summed E-state index contributed by atoms with van der Waals surface area (Å²) in [5.41, 5.74) is 1.62. The zero-order valence-electron chi connectivity index (χ0n) is 9.04. The Labute approximate surface area is 92.2 Å². The van der Waals surface area contributed by atoms with Crippen LogP contribution in [0.3, 0.4) is 0 Å². The summed E-state index contributed by atoms with van der Waals surface area (Å²) < 4.78 is 18.0. The SMILES string of the molecule is CC(=O)C1Cc2c(C)cc(F)cc2C(=O)O1. The Hall–Kier alpha value is -1.71. The quantitative estimate of drug-likeness (QED) is 0.680. The minimum atomic E-state index is -0.732. The molecular formula is C12H11FO3. The molecule has 0 saturated carbocycles. The molecule has 84 valence electrons. The van der Waals surface area contributed by atoms with Gasteiger partial charge in [-0.05, 0) is 37.1 Å². The lowest BCUT2D eigenvalue weighted by molar-refractivity contribution is -0.125. The summed E-state index contributed by atoms with van der Waals surface area (Å²) in [6, 6.07) is 2.51. The first kappa shape index (κ1) is 10.8. The molecule has 2 rings (SSSR count). The summed E-state index contributed by atoms with van der Waals surface area (Å²) >= 11 is 0. The average molecular weight is 222 g/mol. The van der Waals surface area contributed by atoms with Gasteiger partial charge in [0.25, 0.3) is 0 Å². The van der Waals surface area contributed by atoms with E-state index in [1.165, 1.54) is 13.0 Å². The van der Waals surface area contributed by atoms with Crippen LogP contribution in [0.4, 0.5) is 4.39 Å². The Bertz CT molecular complexity index is 479. The van der Waals surface area contributed by atoms with Crippen LogP contribution in [0.15, 0.2) is 12.1 Å². The molecule has 0 radical (unpaired) electrons. The van der Waals surface area contributed by atoms with E-state index >= 15 is 0 Å². The Morgan fingerprint density at radius 3 is 2.81 bits per heavy atom. The molecule has 1 aliphatic rings. The zero-order valence-corrected chi connectivity index (χ0v) is 9.04. The molecule has 1 aromatic rings. The number of fused-ring (bicyclic) bond motifs is 1. The highest BCUT2D eigenvalue weighted by Crippen LogP contribution is 2.25. The van der Waals surface area contributed by atoms with E-state index in [9.17, 15) is 14.0 Å². The van der Waals surface area contributed by atoms with Crippen molar-refractivity contribution >= 4 is 11.8 Å². The first-order valence-corrected chi connectivity index (χ1v) is 4.99. The number of aryl methyl sites for hydroxylation is 1. The number of carbonyl (C=O) groups is 2. The maximum absolute atomic E-state index is 13.1. The molecule has 0 fully saturated rings. The normalized spacial score (nSPS) is 18.9. The number of ether oxygens (including phenoxy) is 1. The van der Waals surface area contributed by atoms with E-state index in [0.717, 1.165) is 6.07 Å².